The highest BCUT2D eigenvalue weighted by molar-refractivity contribution is 6.20. The standard InChI is InChI=1S/C17H26ClN3/c1-12(2)20(5)9-6-10-21-16-11-13(3)7-8-15(16)19-17(21)14(4)18/h7-8,11-12,14H,6,9-10H2,1-5H3. The Kier molecular flexibility index (Phi) is 5.28. The summed E-state index contributed by atoms with van der Waals surface area (Å²) in [4.78, 5) is 7.07. The molecule has 1 heterocycles. The van der Waals surface area contributed by atoms with E-state index in [0.29, 0.717) is 6.04 Å². The zero-order chi connectivity index (χ0) is 15.6. The number of alkyl halides is 1. The highest BCUT2D eigenvalue weighted by Gasteiger charge is 2.15. The van der Waals surface area contributed by atoms with E-state index >= 15 is 0 Å². The van der Waals surface area contributed by atoms with Gasteiger partial charge in [-0.05, 0) is 65.4 Å². The first-order chi connectivity index (χ1) is 9.90. The lowest BCUT2D eigenvalue weighted by Gasteiger charge is -2.21. The zero-order valence-electron chi connectivity index (χ0n) is 13.7. The van der Waals surface area contributed by atoms with E-state index in [1.807, 2.05) is 6.92 Å². The molecule has 1 atom stereocenters. The molecule has 0 fully saturated rings. The van der Waals surface area contributed by atoms with Crippen molar-refractivity contribution < 1.29 is 0 Å². The van der Waals surface area contributed by atoms with Gasteiger partial charge in [-0.15, -0.1) is 11.6 Å². The molecule has 21 heavy (non-hydrogen) atoms. The highest BCUT2D eigenvalue weighted by atomic mass is 35.5. The fraction of sp³-hybridized carbons (Fsp3) is 0.588. The molecule has 116 valence electrons. The van der Waals surface area contributed by atoms with E-state index < -0.39 is 0 Å². The van der Waals surface area contributed by atoms with Gasteiger partial charge >= 0.3 is 0 Å². The lowest BCUT2D eigenvalue weighted by Crippen LogP contribution is -2.28. The van der Waals surface area contributed by atoms with Crippen LogP contribution in [0.2, 0.25) is 0 Å². The van der Waals surface area contributed by atoms with E-state index in [1.54, 1.807) is 0 Å². The summed E-state index contributed by atoms with van der Waals surface area (Å²) in [5, 5.41) is -0.0689. The Balaban J connectivity index is 2.24. The van der Waals surface area contributed by atoms with E-state index in [1.165, 1.54) is 11.1 Å². The summed E-state index contributed by atoms with van der Waals surface area (Å²) >= 11 is 6.32. The minimum absolute atomic E-state index is 0.0689. The van der Waals surface area contributed by atoms with Crippen molar-refractivity contribution in [1.29, 1.82) is 0 Å². The molecule has 0 aliphatic carbocycles. The van der Waals surface area contributed by atoms with Gasteiger partial charge < -0.3 is 9.47 Å². The number of nitrogens with zero attached hydrogens (tertiary/aromatic N) is 3. The van der Waals surface area contributed by atoms with Crippen LogP contribution in [0, 0.1) is 6.92 Å². The molecule has 1 aromatic heterocycles. The first kappa shape index (κ1) is 16.3. The van der Waals surface area contributed by atoms with Gasteiger partial charge in [0.2, 0.25) is 0 Å². The first-order valence-corrected chi connectivity index (χ1v) is 8.15. The lowest BCUT2D eigenvalue weighted by molar-refractivity contribution is 0.265. The van der Waals surface area contributed by atoms with Crippen molar-refractivity contribution in [3.8, 4) is 0 Å². The highest BCUT2D eigenvalue weighted by Crippen LogP contribution is 2.25. The molecule has 2 aromatic rings. The molecular formula is C17H26ClN3. The van der Waals surface area contributed by atoms with Gasteiger partial charge in [0.1, 0.15) is 5.82 Å². The maximum absolute atomic E-state index is 6.32. The molecular weight excluding hydrogens is 282 g/mol. The second-order valence-corrected chi connectivity index (χ2v) is 6.81. The smallest absolute Gasteiger partial charge is 0.127 e. The Hall–Kier alpha value is -1.06. The summed E-state index contributed by atoms with van der Waals surface area (Å²) in [7, 11) is 2.17. The first-order valence-electron chi connectivity index (χ1n) is 7.71. The molecule has 4 heteroatoms. The normalized spacial score (nSPS) is 13.5. The van der Waals surface area contributed by atoms with E-state index in [2.05, 4.69) is 55.5 Å². The molecule has 3 nitrogen and oxygen atoms in total. The third kappa shape index (κ3) is 3.78. The predicted molar refractivity (Wildman–Crippen MR) is 91.1 cm³/mol. The second-order valence-electron chi connectivity index (χ2n) is 6.16. The van der Waals surface area contributed by atoms with Crippen LogP contribution in [0.4, 0.5) is 0 Å². The van der Waals surface area contributed by atoms with Gasteiger partial charge in [-0.3, -0.25) is 0 Å². The molecule has 1 aromatic carbocycles. The summed E-state index contributed by atoms with van der Waals surface area (Å²) in [6.07, 6.45) is 1.10. The Morgan fingerprint density at radius 1 is 1.29 bits per heavy atom. The Morgan fingerprint density at radius 3 is 2.62 bits per heavy atom. The number of aromatic nitrogens is 2. The minimum Gasteiger partial charge on any atom is -0.327 e. The van der Waals surface area contributed by atoms with Crippen LogP contribution in [0.1, 0.15) is 44.0 Å². The van der Waals surface area contributed by atoms with E-state index in [4.69, 9.17) is 16.6 Å². The van der Waals surface area contributed by atoms with Crippen molar-refractivity contribution in [2.45, 2.75) is 52.1 Å². The zero-order valence-corrected chi connectivity index (χ0v) is 14.5. The monoisotopic (exact) mass is 307 g/mol. The van der Waals surface area contributed by atoms with Crippen LogP contribution < -0.4 is 0 Å². The number of halogens is 1. The molecule has 0 saturated carbocycles. The Bertz CT molecular complexity index is 601. The SMILES string of the molecule is Cc1ccc2nc(C(C)Cl)n(CCCN(C)C(C)C)c2c1. The van der Waals surface area contributed by atoms with Crippen molar-refractivity contribution in [1.82, 2.24) is 14.5 Å². The van der Waals surface area contributed by atoms with Crippen molar-refractivity contribution in [2.24, 2.45) is 0 Å². The molecule has 0 bridgehead atoms. The van der Waals surface area contributed by atoms with Gasteiger partial charge in [0.05, 0.1) is 16.4 Å². The second kappa shape index (κ2) is 6.80. The van der Waals surface area contributed by atoms with Gasteiger partial charge in [-0.2, -0.15) is 0 Å². The average molecular weight is 308 g/mol. The molecule has 0 aliphatic heterocycles. The van der Waals surface area contributed by atoms with Gasteiger partial charge in [0.25, 0.3) is 0 Å². The van der Waals surface area contributed by atoms with Crippen molar-refractivity contribution in [2.75, 3.05) is 13.6 Å². The number of fused-ring (bicyclic) bond motifs is 1. The quantitative estimate of drug-likeness (QED) is 0.739. The third-order valence-electron chi connectivity index (χ3n) is 4.06. The molecule has 1 unspecified atom stereocenters. The Labute approximate surface area is 132 Å². The van der Waals surface area contributed by atoms with Crippen LogP contribution in [-0.4, -0.2) is 34.1 Å². The summed E-state index contributed by atoms with van der Waals surface area (Å²) in [5.41, 5.74) is 3.50. The molecule has 0 aliphatic rings. The molecule has 0 radical (unpaired) electrons. The van der Waals surface area contributed by atoms with Crippen molar-refractivity contribution in [3.05, 3.63) is 29.6 Å². The Morgan fingerprint density at radius 2 is 2.00 bits per heavy atom. The molecule has 0 spiro atoms. The van der Waals surface area contributed by atoms with Gasteiger partial charge in [-0.1, -0.05) is 6.07 Å². The number of benzene rings is 1. The van der Waals surface area contributed by atoms with Crippen molar-refractivity contribution >= 4 is 22.6 Å². The molecule has 2 rings (SSSR count). The van der Waals surface area contributed by atoms with Crippen LogP contribution in [0.5, 0.6) is 0 Å². The number of hydrogen-bond donors (Lipinski definition) is 0. The maximum atomic E-state index is 6.32. The van der Waals surface area contributed by atoms with E-state index in [-0.39, 0.29) is 5.38 Å². The fourth-order valence-electron chi connectivity index (χ4n) is 2.53. The topological polar surface area (TPSA) is 21.1 Å². The van der Waals surface area contributed by atoms with Gasteiger partial charge in [0.15, 0.2) is 0 Å². The lowest BCUT2D eigenvalue weighted by atomic mass is 10.2. The van der Waals surface area contributed by atoms with Crippen LogP contribution in [-0.2, 0) is 6.54 Å². The molecule has 0 saturated heterocycles. The summed E-state index contributed by atoms with van der Waals surface area (Å²) in [5.74, 6) is 0.976. The summed E-state index contributed by atoms with van der Waals surface area (Å²) in [6.45, 7) is 10.6. The van der Waals surface area contributed by atoms with Crippen LogP contribution in [0.25, 0.3) is 11.0 Å². The van der Waals surface area contributed by atoms with Crippen molar-refractivity contribution in [3.63, 3.8) is 0 Å². The summed E-state index contributed by atoms with van der Waals surface area (Å²) in [6, 6.07) is 6.98. The summed E-state index contributed by atoms with van der Waals surface area (Å²) < 4.78 is 2.29. The van der Waals surface area contributed by atoms with Gasteiger partial charge in [-0.25, -0.2) is 4.98 Å². The van der Waals surface area contributed by atoms with Gasteiger partial charge in [0, 0.05) is 12.6 Å². The predicted octanol–water partition coefficient (Wildman–Crippen LogP) is 4.37. The number of aryl methyl sites for hydroxylation is 2. The average Bonchev–Trinajstić information content (AvgIpc) is 2.77. The third-order valence-corrected chi connectivity index (χ3v) is 4.26. The van der Waals surface area contributed by atoms with E-state index in [9.17, 15) is 0 Å². The number of imidazole rings is 1. The van der Waals surface area contributed by atoms with E-state index in [0.717, 1.165) is 30.9 Å². The molecule has 0 N–H and O–H groups in total. The fourth-order valence-corrected chi connectivity index (χ4v) is 2.69. The largest absolute Gasteiger partial charge is 0.327 e. The maximum Gasteiger partial charge on any atom is 0.127 e. The van der Waals surface area contributed by atoms with Crippen LogP contribution >= 0.6 is 11.6 Å². The van der Waals surface area contributed by atoms with Crippen LogP contribution in [0.3, 0.4) is 0 Å². The minimum atomic E-state index is -0.0689. The van der Waals surface area contributed by atoms with Crippen LogP contribution in [0.15, 0.2) is 18.2 Å². The molecule has 0 amide bonds. The number of hydrogen-bond acceptors (Lipinski definition) is 2. The number of rotatable bonds is 6.